The Balaban J connectivity index is 1.61. The summed E-state index contributed by atoms with van der Waals surface area (Å²) in [5.74, 6) is 0.390. The van der Waals surface area contributed by atoms with E-state index < -0.39 is 0 Å². The molecule has 0 radical (unpaired) electrons. The fourth-order valence-electron chi connectivity index (χ4n) is 3.10. The van der Waals surface area contributed by atoms with Crippen LogP contribution in [0.4, 0.5) is 4.39 Å². The third-order valence-corrected chi connectivity index (χ3v) is 5.31. The molecule has 0 unspecified atom stereocenters. The second kappa shape index (κ2) is 6.00. The number of halogens is 1. The SMILES string of the molecule is Fc1ccccc1Cc1nnc2sc(-c3cccc4ccccc34)nn12. The first-order chi connectivity index (χ1) is 12.8. The van der Waals surface area contributed by atoms with E-state index in [1.165, 1.54) is 22.8 Å². The van der Waals surface area contributed by atoms with Crippen LogP contribution in [0.3, 0.4) is 0 Å². The minimum Gasteiger partial charge on any atom is -0.207 e. The molecule has 6 heteroatoms. The van der Waals surface area contributed by atoms with E-state index in [-0.39, 0.29) is 5.82 Å². The lowest BCUT2D eigenvalue weighted by Crippen LogP contribution is -1.99. The van der Waals surface area contributed by atoms with E-state index in [1.807, 2.05) is 24.3 Å². The molecule has 0 aliphatic carbocycles. The van der Waals surface area contributed by atoms with Crippen LogP contribution in [0.1, 0.15) is 11.4 Å². The molecule has 2 aromatic heterocycles. The van der Waals surface area contributed by atoms with Crippen molar-refractivity contribution < 1.29 is 4.39 Å². The summed E-state index contributed by atoms with van der Waals surface area (Å²) < 4.78 is 15.7. The molecule has 5 rings (SSSR count). The average molecular weight is 360 g/mol. The predicted molar refractivity (Wildman–Crippen MR) is 101 cm³/mol. The first kappa shape index (κ1) is 15.2. The van der Waals surface area contributed by atoms with Crippen molar-refractivity contribution >= 4 is 27.1 Å². The van der Waals surface area contributed by atoms with Crippen LogP contribution < -0.4 is 0 Å². The topological polar surface area (TPSA) is 43.1 Å². The third kappa shape index (κ3) is 2.46. The molecule has 0 spiro atoms. The maximum atomic E-state index is 14.0. The fourth-order valence-corrected chi connectivity index (χ4v) is 4.00. The first-order valence-corrected chi connectivity index (χ1v) is 9.04. The predicted octanol–water partition coefficient (Wildman–Crippen LogP) is 4.74. The maximum absolute atomic E-state index is 14.0. The third-order valence-electron chi connectivity index (χ3n) is 4.38. The van der Waals surface area contributed by atoms with Gasteiger partial charge in [-0.15, -0.1) is 10.2 Å². The molecule has 0 aliphatic rings. The van der Waals surface area contributed by atoms with E-state index >= 15 is 0 Å². The van der Waals surface area contributed by atoms with Crippen LogP contribution in [-0.4, -0.2) is 19.8 Å². The lowest BCUT2D eigenvalue weighted by molar-refractivity contribution is 0.611. The van der Waals surface area contributed by atoms with Crippen LogP contribution in [0.15, 0.2) is 66.7 Å². The molecule has 126 valence electrons. The van der Waals surface area contributed by atoms with Gasteiger partial charge in [-0.3, -0.25) is 0 Å². The van der Waals surface area contributed by atoms with Crippen molar-refractivity contribution in [2.75, 3.05) is 0 Å². The van der Waals surface area contributed by atoms with Crippen LogP contribution in [0.5, 0.6) is 0 Å². The Morgan fingerprint density at radius 2 is 1.69 bits per heavy atom. The van der Waals surface area contributed by atoms with Crippen molar-refractivity contribution in [3.05, 3.63) is 83.9 Å². The minimum atomic E-state index is -0.242. The molecule has 0 fully saturated rings. The zero-order chi connectivity index (χ0) is 17.5. The highest BCUT2D eigenvalue weighted by atomic mass is 32.1. The van der Waals surface area contributed by atoms with Gasteiger partial charge in [0.05, 0.1) is 0 Å². The number of hydrogen-bond donors (Lipinski definition) is 0. The number of aromatic nitrogens is 4. The van der Waals surface area contributed by atoms with Gasteiger partial charge in [-0.25, -0.2) is 4.39 Å². The van der Waals surface area contributed by atoms with Crippen LogP contribution in [-0.2, 0) is 6.42 Å². The second-order valence-corrected chi connectivity index (χ2v) is 6.97. The van der Waals surface area contributed by atoms with Gasteiger partial charge in [-0.2, -0.15) is 9.61 Å². The van der Waals surface area contributed by atoms with E-state index in [0.717, 1.165) is 16.0 Å². The molecule has 0 amide bonds. The van der Waals surface area contributed by atoms with E-state index in [4.69, 9.17) is 5.10 Å². The Morgan fingerprint density at radius 1 is 0.885 bits per heavy atom. The Labute approximate surface area is 152 Å². The number of rotatable bonds is 3. The summed E-state index contributed by atoms with van der Waals surface area (Å²) in [4.78, 5) is 0.708. The fraction of sp³-hybridized carbons (Fsp3) is 0.0500. The van der Waals surface area contributed by atoms with Crippen molar-refractivity contribution in [3.63, 3.8) is 0 Å². The van der Waals surface area contributed by atoms with Gasteiger partial charge in [-0.05, 0) is 22.4 Å². The monoisotopic (exact) mass is 360 g/mol. The smallest absolute Gasteiger partial charge is 0.207 e. The van der Waals surface area contributed by atoms with Gasteiger partial charge in [0.1, 0.15) is 10.8 Å². The summed E-state index contributed by atoms with van der Waals surface area (Å²) in [6.45, 7) is 0. The Morgan fingerprint density at radius 3 is 2.62 bits per heavy atom. The van der Waals surface area contributed by atoms with Crippen LogP contribution in [0.2, 0.25) is 0 Å². The molecule has 0 saturated heterocycles. The lowest BCUT2D eigenvalue weighted by atomic mass is 10.1. The molecule has 0 saturated carbocycles. The quantitative estimate of drug-likeness (QED) is 0.467. The summed E-state index contributed by atoms with van der Waals surface area (Å²) in [6, 6.07) is 21.1. The Hall–Kier alpha value is -3.12. The normalized spacial score (nSPS) is 11.4. The molecule has 0 bridgehead atoms. The van der Waals surface area contributed by atoms with Gasteiger partial charge in [-0.1, -0.05) is 72.0 Å². The molecule has 0 atom stereocenters. The van der Waals surface area contributed by atoms with E-state index in [2.05, 4.69) is 34.5 Å². The van der Waals surface area contributed by atoms with Crippen LogP contribution in [0, 0.1) is 5.82 Å². The van der Waals surface area contributed by atoms with Gasteiger partial charge in [0, 0.05) is 12.0 Å². The van der Waals surface area contributed by atoms with E-state index in [1.54, 1.807) is 16.6 Å². The number of fused-ring (bicyclic) bond motifs is 2. The van der Waals surface area contributed by atoms with Gasteiger partial charge >= 0.3 is 0 Å². The zero-order valence-electron chi connectivity index (χ0n) is 13.6. The highest BCUT2D eigenvalue weighted by Gasteiger charge is 2.15. The van der Waals surface area contributed by atoms with Gasteiger partial charge in [0.15, 0.2) is 5.82 Å². The maximum Gasteiger partial charge on any atom is 0.234 e. The number of hydrogen-bond acceptors (Lipinski definition) is 4. The van der Waals surface area contributed by atoms with E-state index in [9.17, 15) is 4.39 Å². The van der Waals surface area contributed by atoms with Crippen molar-refractivity contribution in [1.29, 1.82) is 0 Å². The number of benzene rings is 3. The zero-order valence-corrected chi connectivity index (χ0v) is 14.4. The molecular weight excluding hydrogens is 347 g/mol. The first-order valence-electron chi connectivity index (χ1n) is 8.22. The molecule has 3 aromatic carbocycles. The molecule has 0 aliphatic heterocycles. The standard InChI is InChI=1S/C20H13FN4S/c21-17-11-4-2-7-14(17)12-18-22-23-20-25(18)24-19(26-20)16-10-5-8-13-6-1-3-9-15(13)16/h1-11H,12H2. The van der Waals surface area contributed by atoms with Gasteiger partial charge in [0.2, 0.25) is 4.96 Å². The molecule has 0 N–H and O–H groups in total. The molecule has 4 nitrogen and oxygen atoms in total. The second-order valence-electron chi connectivity index (χ2n) is 6.01. The van der Waals surface area contributed by atoms with Gasteiger partial charge in [0.25, 0.3) is 0 Å². The van der Waals surface area contributed by atoms with Crippen LogP contribution in [0.25, 0.3) is 26.3 Å². The molecule has 2 heterocycles. The van der Waals surface area contributed by atoms with Crippen LogP contribution >= 0.6 is 11.3 Å². The van der Waals surface area contributed by atoms with Gasteiger partial charge < -0.3 is 0 Å². The van der Waals surface area contributed by atoms with Crippen molar-refractivity contribution in [2.24, 2.45) is 0 Å². The van der Waals surface area contributed by atoms with E-state index in [0.29, 0.717) is 22.8 Å². The largest absolute Gasteiger partial charge is 0.234 e. The molecule has 5 aromatic rings. The lowest BCUT2D eigenvalue weighted by Gasteiger charge is -2.03. The van der Waals surface area contributed by atoms with Crippen molar-refractivity contribution in [2.45, 2.75) is 6.42 Å². The summed E-state index contributed by atoms with van der Waals surface area (Å²) >= 11 is 1.49. The molecule has 26 heavy (non-hydrogen) atoms. The van der Waals surface area contributed by atoms with Crippen molar-refractivity contribution in [1.82, 2.24) is 19.8 Å². The average Bonchev–Trinajstić information content (AvgIpc) is 3.25. The number of nitrogens with zero attached hydrogens (tertiary/aromatic N) is 4. The van der Waals surface area contributed by atoms with Crippen molar-refractivity contribution in [3.8, 4) is 10.6 Å². The Bertz CT molecular complexity index is 1240. The highest BCUT2D eigenvalue weighted by molar-refractivity contribution is 7.19. The summed E-state index contributed by atoms with van der Waals surface area (Å²) in [5, 5.41) is 16.3. The summed E-state index contributed by atoms with van der Waals surface area (Å²) in [6.07, 6.45) is 0.354. The summed E-state index contributed by atoms with van der Waals surface area (Å²) in [7, 11) is 0. The molecular formula is C20H13FN4S. The Kier molecular flexibility index (Phi) is 3.50. The summed E-state index contributed by atoms with van der Waals surface area (Å²) in [5.41, 5.74) is 1.65. The highest BCUT2D eigenvalue weighted by Crippen LogP contribution is 2.31. The minimum absolute atomic E-state index is 0.242.